The number of fused-ring (bicyclic) bond motifs is 1. The van der Waals surface area contributed by atoms with Crippen molar-refractivity contribution in [2.75, 3.05) is 0 Å². The number of allylic oxidation sites excluding steroid dienone is 2. The molecule has 0 fully saturated rings. The van der Waals surface area contributed by atoms with E-state index >= 15 is 0 Å². The van der Waals surface area contributed by atoms with Crippen molar-refractivity contribution in [2.24, 2.45) is 0 Å². The van der Waals surface area contributed by atoms with Gasteiger partial charge in [0.2, 0.25) is 0 Å². The number of hydrogen-bond donors (Lipinski definition) is 1. The number of aromatic nitrogens is 1. The van der Waals surface area contributed by atoms with Crippen molar-refractivity contribution in [3.05, 3.63) is 78.2 Å². The Bertz CT molecular complexity index is 933. The number of carbonyl (C=O) groups excluding carboxylic acids is 1. The Hall–Kier alpha value is -2.43. The topological polar surface area (TPSA) is 50.2 Å². The molecule has 1 radical (unpaired) electrons. The summed E-state index contributed by atoms with van der Waals surface area (Å²) >= 11 is 0. The van der Waals surface area contributed by atoms with Crippen LogP contribution in [0.25, 0.3) is 22.0 Å². The minimum absolute atomic E-state index is 0. The number of ketones is 1. The third kappa shape index (κ3) is 5.83. The predicted molar refractivity (Wildman–Crippen MR) is 93.0 cm³/mol. The molecule has 3 nitrogen and oxygen atoms in total. The maximum absolute atomic E-state index is 13.8. The van der Waals surface area contributed by atoms with Crippen LogP contribution in [0, 0.1) is 17.7 Å². The van der Waals surface area contributed by atoms with Crippen LogP contribution in [-0.2, 0) is 24.9 Å². The predicted octanol–water partition coefficient (Wildman–Crippen LogP) is 5.01. The summed E-state index contributed by atoms with van der Waals surface area (Å²) in [5.74, 6) is -1.36. The number of halogens is 2. The molecule has 0 aliphatic carbocycles. The van der Waals surface area contributed by atoms with Crippen molar-refractivity contribution in [2.45, 2.75) is 13.8 Å². The molecule has 137 valence electrons. The van der Waals surface area contributed by atoms with Crippen LogP contribution in [0.4, 0.5) is 8.78 Å². The van der Waals surface area contributed by atoms with Crippen LogP contribution in [-0.4, -0.2) is 15.9 Å². The van der Waals surface area contributed by atoms with Crippen molar-refractivity contribution >= 4 is 16.6 Å². The Labute approximate surface area is 163 Å². The summed E-state index contributed by atoms with van der Waals surface area (Å²) in [5.41, 5.74) is 0.666. The first kappa shape index (κ1) is 21.6. The molecular weight excluding hydrogens is 516 g/mol. The van der Waals surface area contributed by atoms with Gasteiger partial charge in [0.05, 0.1) is 5.76 Å². The number of benzene rings is 2. The third-order valence-electron chi connectivity index (χ3n) is 3.18. The Kier molecular flexibility index (Phi) is 8.23. The Morgan fingerprint density at radius 1 is 1.19 bits per heavy atom. The number of aliphatic hydroxyl groups excluding tert-OH is 1. The third-order valence-corrected chi connectivity index (χ3v) is 3.18. The number of aliphatic hydroxyl groups is 1. The average Bonchev–Trinajstić information content (AvgIpc) is 2.54. The van der Waals surface area contributed by atoms with Gasteiger partial charge in [-0.3, -0.25) is 13.6 Å². The van der Waals surface area contributed by atoms with Crippen molar-refractivity contribution in [3.63, 3.8) is 0 Å². The van der Waals surface area contributed by atoms with Gasteiger partial charge in [0, 0.05) is 44.0 Å². The van der Waals surface area contributed by atoms with Gasteiger partial charge >= 0.3 is 0 Å². The fourth-order valence-electron chi connectivity index (χ4n) is 2.24. The van der Waals surface area contributed by atoms with Gasteiger partial charge in [-0.05, 0) is 36.4 Å². The fraction of sp³-hybridized carbons (Fsp3) is 0.100. The minimum Gasteiger partial charge on any atom is -0.512 e. The molecular formula is C20H16F2IrNO2-. The van der Waals surface area contributed by atoms with Crippen LogP contribution in [0.5, 0.6) is 0 Å². The van der Waals surface area contributed by atoms with E-state index in [1.165, 1.54) is 19.9 Å². The molecule has 1 heterocycles. The van der Waals surface area contributed by atoms with Crippen molar-refractivity contribution in [1.29, 1.82) is 0 Å². The van der Waals surface area contributed by atoms with E-state index in [0.29, 0.717) is 5.69 Å². The first-order valence-corrected chi connectivity index (χ1v) is 7.47. The average molecular weight is 533 g/mol. The SMILES string of the molecule is CC(=O)/C=C(/C)O.Fc1c[c-]c(-c2nccc3ccccc23)c(F)c1.[Ir]. The quantitative estimate of drug-likeness (QED) is 0.287. The molecule has 1 N–H and O–H groups in total. The van der Waals surface area contributed by atoms with Gasteiger partial charge in [-0.25, -0.2) is 0 Å². The minimum atomic E-state index is -0.654. The van der Waals surface area contributed by atoms with Gasteiger partial charge in [0.15, 0.2) is 5.78 Å². The van der Waals surface area contributed by atoms with Crippen LogP contribution < -0.4 is 0 Å². The van der Waals surface area contributed by atoms with Crippen LogP contribution in [0.15, 0.2) is 60.5 Å². The van der Waals surface area contributed by atoms with Crippen LogP contribution in [0.3, 0.4) is 0 Å². The summed E-state index contributed by atoms with van der Waals surface area (Å²) in [6.07, 6.45) is 2.77. The zero-order valence-electron chi connectivity index (χ0n) is 14.1. The van der Waals surface area contributed by atoms with E-state index in [-0.39, 0.29) is 37.2 Å². The van der Waals surface area contributed by atoms with Gasteiger partial charge in [-0.15, -0.1) is 12.1 Å². The van der Waals surface area contributed by atoms with Gasteiger partial charge < -0.3 is 10.1 Å². The molecule has 0 unspecified atom stereocenters. The second kappa shape index (κ2) is 9.90. The monoisotopic (exact) mass is 533 g/mol. The van der Waals surface area contributed by atoms with E-state index in [1.807, 2.05) is 30.3 Å². The summed E-state index contributed by atoms with van der Waals surface area (Å²) in [7, 11) is 0. The molecule has 0 atom stereocenters. The van der Waals surface area contributed by atoms with Crippen LogP contribution >= 0.6 is 0 Å². The molecule has 0 spiro atoms. The Balaban J connectivity index is 0.000000366. The summed E-state index contributed by atoms with van der Waals surface area (Å²) in [5, 5.41) is 10.1. The summed E-state index contributed by atoms with van der Waals surface area (Å²) in [6, 6.07) is 13.9. The molecule has 3 rings (SSSR count). The smallest absolute Gasteiger partial charge is 0.155 e. The second-order valence-electron chi connectivity index (χ2n) is 5.32. The molecule has 0 saturated heterocycles. The molecule has 0 aliphatic heterocycles. The molecule has 6 heteroatoms. The summed E-state index contributed by atoms with van der Waals surface area (Å²) in [6.45, 7) is 2.85. The molecule has 0 bridgehead atoms. The molecule has 26 heavy (non-hydrogen) atoms. The largest absolute Gasteiger partial charge is 0.512 e. The zero-order valence-corrected chi connectivity index (χ0v) is 16.5. The van der Waals surface area contributed by atoms with E-state index in [4.69, 9.17) is 5.11 Å². The standard InChI is InChI=1S/C15H8F2N.C5H8O2.Ir/c16-11-5-6-13(14(17)9-11)15-12-4-2-1-3-10(12)7-8-18-15;1-4(6)3-5(2)7;/h1-5,7-9H;3,6H,1-2H3;/q-1;;/b;4-3-;. The Morgan fingerprint density at radius 3 is 2.46 bits per heavy atom. The summed E-state index contributed by atoms with van der Waals surface area (Å²) in [4.78, 5) is 14.2. The van der Waals surface area contributed by atoms with E-state index in [1.54, 1.807) is 6.20 Å². The number of rotatable bonds is 2. The van der Waals surface area contributed by atoms with Crippen LogP contribution in [0.1, 0.15) is 13.8 Å². The number of pyridine rings is 1. The normalized spacial score (nSPS) is 10.5. The van der Waals surface area contributed by atoms with Crippen molar-refractivity contribution in [1.82, 2.24) is 4.98 Å². The maximum atomic E-state index is 13.8. The first-order valence-electron chi connectivity index (χ1n) is 7.47. The van der Waals surface area contributed by atoms with Crippen molar-refractivity contribution < 1.29 is 38.8 Å². The Morgan fingerprint density at radius 2 is 1.88 bits per heavy atom. The molecule has 2 aromatic carbocycles. The van der Waals surface area contributed by atoms with Gasteiger partial charge in [-0.1, -0.05) is 35.9 Å². The zero-order chi connectivity index (χ0) is 18.4. The second-order valence-corrected chi connectivity index (χ2v) is 5.32. The van der Waals surface area contributed by atoms with E-state index in [9.17, 15) is 13.6 Å². The molecule has 0 aliphatic rings. The molecule has 0 amide bonds. The van der Waals surface area contributed by atoms with Gasteiger partial charge in [0.1, 0.15) is 0 Å². The number of nitrogens with zero attached hydrogens (tertiary/aromatic N) is 1. The first-order chi connectivity index (χ1) is 11.9. The number of carbonyl (C=O) groups is 1. The summed E-state index contributed by atoms with van der Waals surface area (Å²) < 4.78 is 26.6. The van der Waals surface area contributed by atoms with Crippen molar-refractivity contribution in [3.8, 4) is 11.3 Å². The maximum Gasteiger partial charge on any atom is 0.155 e. The molecule has 3 aromatic rings. The van der Waals surface area contributed by atoms with E-state index in [0.717, 1.165) is 22.9 Å². The molecule has 0 saturated carbocycles. The van der Waals surface area contributed by atoms with E-state index < -0.39 is 11.6 Å². The van der Waals surface area contributed by atoms with Gasteiger partial charge in [0.25, 0.3) is 0 Å². The number of hydrogen-bond acceptors (Lipinski definition) is 3. The van der Waals surface area contributed by atoms with Gasteiger partial charge in [-0.2, -0.15) is 0 Å². The molecule has 1 aromatic heterocycles. The fourth-order valence-corrected chi connectivity index (χ4v) is 2.24. The van der Waals surface area contributed by atoms with Crippen LogP contribution in [0.2, 0.25) is 0 Å². The van der Waals surface area contributed by atoms with E-state index in [2.05, 4.69) is 11.1 Å².